The Morgan fingerprint density at radius 1 is 1.29 bits per heavy atom. The number of nitrogens with two attached hydrogens (primary N) is 1. The fourth-order valence-electron chi connectivity index (χ4n) is 2.67. The van der Waals surface area contributed by atoms with Gasteiger partial charge >= 0.3 is 0 Å². The van der Waals surface area contributed by atoms with Crippen LogP contribution in [0, 0.1) is 11.3 Å². The fourth-order valence-corrected chi connectivity index (χ4v) is 2.67. The lowest BCUT2D eigenvalue weighted by molar-refractivity contribution is 0.414. The lowest BCUT2D eigenvalue weighted by atomic mass is 10.0. The van der Waals surface area contributed by atoms with Gasteiger partial charge in [0.05, 0.1) is 12.8 Å². The minimum atomic E-state index is 0.104. The van der Waals surface area contributed by atoms with Gasteiger partial charge in [0.15, 0.2) is 0 Å². The average Bonchev–Trinajstić information content (AvgIpc) is 2.46. The molecule has 0 heterocycles. The first-order valence-electron chi connectivity index (χ1n) is 7.73. The number of nitrogens with zero attached hydrogens (tertiary/aromatic N) is 1. The Labute approximate surface area is 128 Å². The summed E-state index contributed by atoms with van der Waals surface area (Å²) < 4.78 is 5.35. The monoisotopic (exact) mass is 291 g/mol. The number of amidine groups is 1. The molecule has 4 heteroatoms. The predicted molar refractivity (Wildman–Crippen MR) is 90.6 cm³/mol. The molecule has 0 aliphatic carbocycles. The molecule has 4 nitrogen and oxygen atoms in total. The number of ether oxygens (including phenoxy) is 1. The van der Waals surface area contributed by atoms with Crippen LogP contribution < -0.4 is 15.4 Å². The largest absolute Gasteiger partial charge is 0.497 e. The third-order valence-corrected chi connectivity index (χ3v) is 3.75. The number of hydrogen-bond donors (Lipinski definition) is 2. The molecule has 118 valence electrons. The van der Waals surface area contributed by atoms with Gasteiger partial charge in [-0.2, -0.15) is 0 Å². The summed E-state index contributed by atoms with van der Waals surface area (Å²) in [5.74, 6) is 1.44. The Bertz CT molecular complexity index is 467. The predicted octanol–water partition coefficient (Wildman–Crippen LogP) is 3.63. The summed E-state index contributed by atoms with van der Waals surface area (Å²) in [4.78, 5) is 2.38. The van der Waals surface area contributed by atoms with Gasteiger partial charge in [0, 0.05) is 24.2 Å². The molecule has 0 aliphatic heterocycles. The Morgan fingerprint density at radius 2 is 1.90 bits per heavy atom. The van der Waals surface area contributed by atoms with Crippen LogP contribution in [0.1, 0.15) is 46.1 Å². The van der Waals surface area contributed by atoms with Crippen molar-refractivity contribution in [1.82, 2.24) is 0 Å². The van der Waals surface area contributed by atoms with E-state index in [-0.39, 0.29) is 5.84 Å². The highest BCUT2D eigenvalue weighted by atomic mass is 16.5. The molecule has 0 spiro atoms. The highest BCUT2D eigenvalue weighted by Crippen LogP contribution is 2.30. The van der Waals surface area contributed by atoms with Gasteiger partial charge in [-0.05, 0) is 30.9 Å². The summed E-state index contributed by atoms with van der Waals surface area (Å²) in [6, 6.07) is 6.18. The van der Waals surface area contributed by atoms with E-state index in [1.165, 1.54) is 0 Å². The second kappa shape index (κ2) is 7.91. The zero-order chi connectivity index (χ0) is 16.0. The first kappa shape index (κ1) is 17.3. The Hall–Kier alpha value is -1.71. The van der Waals surface area contributed by atoms with Crippen molar-refractivity contribution in [3.05, 3.63) is 23.8 Å². The lowest BCUT2D eigenvalue weighted by Crippen LogP contribution is -2.38. The van der Waals surface area contributed by atoms with Crippen LogP contribution in [0.3, 0.4) is 0 Å². The van der Waals surface area contributed by atoms with Crippen LogP contribution in [0.2, 0.25) is 0 Å². The molecule has 0 aromatic heterocycles. The molecular weight excluding hydrogens is 262 g/mol. The second-order valence-electron chi connectivity index (χ2n) is 5.81. The molecule has 0 aliphatic rings. The molecule has 1 aromatic carbocycles. The third kappa shape index (κ3) is 4.38. The number of nitrogens with one attached hydrogen (secondary N) is 1. The van der Waals surface area contributed by atoms with Crippen molar-refractivity contribution < 1.29 is 4.74 Å². The van der Waals surface area contributed by atoms with Crippen LogP contribution in [0.15, 0.2) is 18.2 Å². The van der Waals surface area contributed by atoms with Crippen molar-refractivity contribution in [2.45, 2.75) is 46.6 Å². The number of nitrogen functional groups attached to an aromatic ring is 1. The number of anilines is 1. The molecule has 3 N–H and O–H groups in total. The lowest BCUT2D eigenvalue weighted by Gasteiger charge is -2.35. The van der Waals surface area contributed by atoms with Crippen LogP contribution in [0.25, 0.3) is 0 Å². The topological polar surface area (TPSA) is 62.3 Å². The molecule has 1 aromatic rings. The Kier molecular flexibility index (Phi) is 6.53. The van der Waals surface area contributed by atoms with E-state index in [2.05, 4.69) is 32.6 Å². The molecule has 21 heavy (non-hydrogen) atoms. The molecule has 0 bridgehead atoms. The van der Waals surface area contributed by atoms with E-state index in [1.807, 2.05) is 18.2 Å². The fraction of sp³-hybridized carbons (Fsp3) is 0.588. The number of hydrogen-bond acceptors (Lipinski definition) is 3. The van der Waals surface area contributed by atoms with E-state index in [4.69, 9.17) is 15.9 Å². The van der Waals surface area contributed by atoms with Crippen LogP contribution in [0.4, 0.5) is 5.69 Å². The maximum atomic E-state index is 7.84. The van der Waals surface area contributed by atoms with Crippen LogP contribution >= 0.6 is 0 Å². The Balaban J connectivity index is 3.35. The van der Waals surface area contributed by atoms with Gasteiger partial charge in [0.2, 0.25) is 0 Å². The van der Waals surface area contributed by atoms with Crippen molar-refractivity contribution in [3.63, 3.8) is 0 Å². The number of methoxy groups -OCH3 is 1. The van der Waals surface area contributed by atoms with Gasteiger partial charge in [-0.25, -0.2) is 0 Å². The molecule has 0 radical (unpaired) electrons. The second-order valence-corrected chi connectivity index (χ2v) is 5.81. The minimum absolute atomic E-state index is 0.104. The summed E-state index contributed by atoms with van der Waals surface area (Å²) in [6.45, 7) is 9.77. The molecular formula is C17H29N3O. The highest BCUT2D eigenvalue weighted by molar-refractivity contribution is 6.00. The van der Waals surface area contributed by atoms with Crippen molar-refractivity contribution in [1.29, 1.82) is 5.41 Å². The average molecular weight is 291 g/mol. The van der Waals surface area contributed by atoms with E-state index >= 15 is 0 Å². The third-order valence-electron chi connectivity index (χ3n) is 3.75. The summed E-state index contributed by atoms with van der Waals surface area (Å²) >= 11 is 0. The maximum Gasteiger partial charge on any atom is 0.124 e. The van der Waals surface area contributed by atoms with E-state index in [0.717, 1.165) is 36.4 Å². The van der Waals surface area contributed by atoms with Gasteiger partial charge in [-0.15, -0.1) is 0 Å². The van der Waals surface area contributed by atoms with E-state index < -0.39 is 0 Å². The Morgan fingerprint density at radius 3 is 2.33 bits per heavy atom. The zero-order valence-electron chi connectivity index (χ0n) is 13.9. The molecule has 0 saturated heterocycles. The van der Waals surface area contributed by atoms with Gasteiger partial charge in [-0.1, -0.05) is 27.7 Å². The molecule has 0 unspecified atom stereocenters. The van der Waals surface area contributed by atoms with Crippen LogP contribution in [-0.2, 0) is 0 Å². The summed E-state index contributed by atoms with van der Waals surface area (Å²) in [6.07, 6.45) is 2.13. The number of rotatable bonds is 8. The van der Waals surface area contributed by atoms with E-state index in [1.54, 1.807) is 7.11 Å². The minimum Gasteiger partial charge on any atom is -0.497 e. The first-order valence-corrected chi connectivity index (χ1v) is 7.73. The standard InChI is InChI=1S/C17H29N3O/c1-6-13(7-2)20(11-12(3)4)16-10-14(21-5)8-9-15(16)17(18)19/h8-10,12-13H,6-7,11H2,1-5H3,(H3,18,19). The van der Waals surface area contributed by atoms with Gasteiger partial charge in [0.1, 0.15) is 11.6 Å². The molecule has 0 saturated carbocycles. The van der Waals surface area contributed by atoms with Crippen molar-refractivity contribution >= 4 is 11.5 Å². The first-order chi connectivity index (χ1) is 9.94. The zero-order valence-corrected chi connectivity index (χ0v) is 13.9. The van der Waals surface area contributed by atoms with Crippen molar-refractivity contribution in [2.24, 2.45) is 11.7 Å². The van der Waals surface area contributed by atoms with E-state index in [0.29, 0.717) is 12.0 Å². The van der Waals surface area contributed by atoms with E-state index in [9.17, 15) is 0 Å². The molecule has 0 atom stereocenters. The van der Waals surface area contributed by atoms with Gasteiger partial charge in [-0.3, -0.25) is 5.41 Å². The number of benzene rings is 1. The summed E-state index contributed by atoms with van der Waals surface area (Å²) in [5, 5.41) is 7.84. The van der Waals surface area contributed by atoms with Crippen LogP contribution in [0.5, 0.6) is 5.75 Å². The van der Waals surface area contributed by atoms with Gasteiger partial charge in [0.25, 0.3) is 0 Å². The van der Waals surface area contributed by atoms with Crippen LogP contribution in [-0.4, -0.2) is 25.5 Å². The van der Waals surface area contributed by atoms with Crippen molar-refractivity contribution in [3.8, 4) is 5.75 Å². The molecule has 0 amide bonds. The summed E-state index contributed by atoms with van der Waals surface area (Å²) in [7, 11) is 1.66. The normalized spacial score (nSPS) is 11.0. The summed E-state index contributed by atoms with van der Waals surface area (Å²) in [5.41, 5.74) is 7.56. The SMILES string of the molecule is CCC(CC)N(CC(C)C)c1cc(OC)ccc1C(=N)N. The smallest absolute Gasteiger partial charge is 0.124 e. The van der Waals surface area contributed by atoms with Crippen molar-refractivity contribution in [2.75, 3.05) is 18.6 Å². The molecule has 1 rings (SSSR count). The van der Waals surface area contributed by atoms with Gasteiger partial charge < -0.3 is 15.4 Å². The maximum absolute atomic E-state index is 7.84. The quantitative estimate of drug-likeness (QED) is 0.568. The molecule has 0 fully saturated rings. The highest BCUT2D eigenvalue weighted by Gasteiger charge is 2.21.